The van der Waals surface area contributed by atoms with Gasteiger partial charge in [-0.1, -0.05) is 13.8 Å². The van der Waals surface area contributed by atoms with E-state index in [1.807, 2.05) is 6.92 Å². The fourth-order valence-electron chi connectivity index (χ4n) is 1.84. The van der Waals surface area contributed by atoms with Crippen LogP contribution in [0.4, 0.5) is 0 Å². The number of benzene rings is 1. The van der Waals surface area contributed by atoms with E-state index in [2.05, 4.69) is 0 Å². The van der Waals surface area contributed by atoms with Crippen molar-refractivity contribution < 1.29 is 23.1 Å². The summed E-state index contributed by atoms with van der Waals surface area (Å²) in [6, 6.07) is 5.57. The van der Waals surface area contributed by atoms with Crippen LogP contribution in [0.5, 0.6) is 0 Å². The number of nitrogens with zero attached hydrogens (tertiary/aromatic N) is 1. The van der Waals surface area contributed by atoms with Crippen LogP contribution in [0, 0.1) is 0 Å². The van der Waals surface area contributed by atoms with Gasteiger partial charge in [0.15, 0.2) is 9.84 Å². The number of carbonyl (C=O) groups excluding carboxylic acids is 1. The zero-order valence-electron chi connectivity index (χ0n) is 12.1. The molecule has 1 amide bonds. The minimum absolute atomic E-state index is 0.0126. The maximum Gasteiger partial charge on any atom is 0.323 e. The van der Waals surface area contributed by atoms with Crippen molar-refractivity contribution in [1.82, 2.24) is 4.90 Å². The standard InChI is InChI=1S/C14H19NO5S/c1-3-9-15(10-13(16)17)14(18)11-5-7-12(8-6-11)21(19,20)4-2/h5-8H,3-4,9-10H2,1-2H3,(H,16,17). The topological polar surface area (TPSA) is 91.8 Å². The number of carboxylic acids is 1. The Morgan fingerprint density at radius 2 is 1.71 bits per heavy atom. The summed E-state index contributed by atoms with van der Waals surface area (Å²) in [5, 5.41) is 8.82. The van der Waals surface area contributed by atoms with Gasteiger partial charge in [0.05, 0.1) is 10.6 Å². The Morgan fingerprint density at radius 1 is 1.14 bits per heavy atom. The smallest absolute Gasteiger partial charge is 0.323 e. The van der Waals surface area contributed by atoms with E-state index in [-0.39, 0.29) is 22.8 Å². The summed E-state index contributed by atoms with van der Waals surface area (Å²) >= 11 is 0. The minimum atomic E-state index is -3.31. The molecular formula is C14H19NO5S. The Labute approximate surface area is 124 Å². The monoisotopic (exact) mass is 313 g/mol. The number of carbonyl (C=O) groups is 2. The minimum Gasteiger partial charge on any atom is -0.480 e. The van der Waals surface area contributed by atoms with Crippen molar-refractivity contribution in [3.63, 3.8) is 0 Å². The quantitative estimate of drug-likeness (QED) is 0.822. The molecule has 0 aliphatic rings. The zero-order chi connectivity index (χ0) is 16.0. The van der Waals surface area contributed by atoms with E-state index in [1.54, 1.807) is 6.92 Å². The SMILES string of the molecule is CCCN(CC(=O)O)C(=O)c1ccc(S(=O)(=O)CC)cc1. The summed E-state index contributed by atoms with van der Waals surface area (Å²) in [5.41, 5.74) is 0.278. The van der Waals surface area contributed by atoms with Crippen LogP contribution in [0.25, 0.3) is 0 Å². The third-order valence-corrected chi connectivity index (χ3v) is 4.70. The molecule has 0 bridgehead atoms. The molecule has 1 rings (SSSR count). The van der Waals surface area contributed by atoms with Crippen LogP contribution >= 0.6 is 0 Å². The van der Waals surface area contributed by atoms with Gasteiger partial charge in [-0.15, -0.1) is 0 Å². The van der Waals surface area contributed by atoms with Gasteiger partial charge in [-0.05, 0) is 30.7 Å². The first kappa shape index (κ1) is 17.2. The van der Waals surface area contributed by atoms with Crippen molar-refractivity contribution in [3.8, 4) is 0 Å². The van der Waals surface area contributed by atoms with Crippen LogP contribution in [0.15, 0.2) is 29.2 Å². The van der Waals surface area contributed by atoms with Gasteiger partial charge in [0.2, 0.25) is 0 Å². The largest absolute Gasteiger partial charge is 0.480 e. The summed E-state index contributed by atoms with van der Waals surface area (Å²) in [5.74, 6) is -1.51. The van der Waals surface area contributed by atoms with Crippen molar-refractivity contribution in [2.75, 3.05) is 18.8 Å². The Kier molecular flexibility index (Phi) is 5.90. The molecule has 6 nitrogen and oxygen atoms in total. The molecule has 0 fully saturated rings. The van der Waals surface area contributed by atoms with Crippen molar-refractivity contribution in [3.05, 3.63) is 29.8 Å². The number of sulfone groups is 1. The number of hydrogen-bond acceptors (Lipinski definition) is 4. The second-order valence-corrected chi connectivity index (χ2v) is 6.83. The van der Waals surface area contributed by atoms with E-state index in [0.717, 1.165) is 0 Å². The highest BCUT2D eigenvalue weighted by molar-refractivity contribution is 7.91. The van der Waals surface area contributed by atoms with Gasteiger partial charge >= 0.3 is 5.97 Å². The molecule has 0 aliphatic heterocycles. The van der Waals surface area contributed by atoms with Gasteiger partial charge < -0.3 is 10.0 Å². The van der Waals surface area contributed by atoms with Crippen LogP contribution in [0.2, 0.25) is 0 Å². The van der Waals surface area contributed by atoms with Crippen LogP contribution in [-0.4, -0.2) is 49.1 Å². The Morgan fingerprint density at radius 3 is 2.14 bits per heavy atom. The molecule has 0 saturated heterocycles. The van der Waals surface area contributed by atoms with Gasteiger partial charge in [-0.2, -0.15) is 0 Å². The first-order chi connectivity index (χ1) is 9.81. The second-order valence-electron chi connectivity index (χ2n) is 4.55. The molecule has 116 valence electrons. The lowest BCUT2D eigenvalue weighted by atomic mass is 10.2. The third kappa shape index (κ3) is 4.56. The summed E-state index contributed by atoms with van der Waals surface area (Å²) in [6.07, 6.45) is 0.640. The summed E-state index contributed by atoms with van der Waals surface area (Å²) < 4.78 is 23.4. The van der Waals surface area contributed by atoms with Crippen molar-refractivity contribution in [2.45, 2.75) is 25.2 Å². The van der Waals surface area contributed by atoms with Crippen LogP contribution < -0.4 is 0 Å². The summed E-state index contributed by atoms with van der Waals surface area (Å²) in [7, 11) is -3.31. The van der Waals surface area contributed by atoms with Gasteiger partial charge in [-0.3, -0.25) is 9.59 Å². The van der Waals surface area contributed by atoms with E-state index in [1.165, 1.54) is 29.2 Å². The van der Waals surface area contributed by atoms with Crippen molar-refractivity contribution in [2.24, 2.45) is 0 Å². The zero-order valence-corrected chi connectivity index (χ0v) is 12.9. The molecule has 0 radical (unpaired) electrons. The lowest BCUT2D eigenvalue weighted by Gasteiger charge is -2.20. The lowest BCUT2D eigenvalue weighted by molar-refractivity contribution is -0.137. The van der Waals surface area contributed by atoms with E-state index in [0.29, 0.717) is 13.0 Å². The van der Waals surface area contributed by atoms with Crippen LogP contribution in [-0.2, 0) is 14.6 Å². The van der Waals surface area contributed by atoms with Gasteiger partial charge in [-0.25, -0.2) is 8.42 Å². The Hall–Kier alpha value is -1.89. The second kappa shape index (κ2) is 7.21. The van der Waals surface area contributed by atoms with Crippen LogP contribution in [0.3, 0.4) is 0 Å². The predicted molar refractivity (Wildman–Crippen MR) is 78.0 cm³/mol. The van der Waals surface area contributed by atoms with E-state index >= 15 is 0 Å². The van der Waals surface area contributed by atoms with E-state index in [9.17, 15) is 18.0 Å². The molecule has 1 N–H and O–H groups in total. The fourth-order valence-corrected chi connectivity index (χ4v) is 2.72. The molecule has 0 spiro atoms. The van der Waals surface area contributed by atoms with Gasteiger partial charge in [0.25, 0.3) is 5.91 Å². The third-order valence-electron chi connectivity index (χ3n) is 2.95. The molecule has 1 aromatic carbocycles. The van der Waals surface area contributed by atoms with Gasteiger partial charge in [0.1, 0.15) is 6.54 Å². The maximum atomic E-state index is 12.2. The molecule has 0 atom stereocenters. The molecule has 0 aliphatic carbocycles. The van der Waals surface area contributed by atoms with Crippen molar-refractivity contribution >= 4 is 21.7 Å². The average molecular weight is 313 g/mol. The first-order valence-electron chi connectivity index (χ1n) is 6.65. The molecule has 1 aromatic rings. The van der Waals surface area contributed by atoms with E-state index in [4.69, 9.17) is 5.11 Å². The summed E-state index contributed by atoms with van der Waals surface area (Å²) in [4.78, 5) is 24.4. The summed E-state index contributed by atoms with van der Waals surface area (Å²) in [6.45, 7) is 3.35. The molecule has 7 heteroatoms. The first-order valence-corrected chi connectivity index (χ1v) is 8.31. The molecule has 0 unspecified atom stereocenters. The van der Waals surface area contributed by atoms with Crippen LogP contribution in [0.1, 0.15) is 30.6 Å². The molecule has 21 heavy (non-hydrogen) atoms. The lowest BCUT2D eigenvalue weighted by Crippen LogP contribution is -2.36. The highest BCUT2D eigenvalue weighted by atomic mass is 32.2. The molecule has 0 saturated carbocycles. The fraction of sp³-hybridized carbons (Fsp3) is 0.429. The normalized spacial score (nSPS) is 11.1. The maximum absolute atomic E-state index is 12.2. The van der Waals surface area contributed by atoms with Crippen molar-refractivity contribution in [1.29, 1.82) is 0 Å². The molecule has 0 heterocycles. The molecule has 0 aromatic heterocycles. The number of aliphatic carboxylic acids is 1. The number of carboxylic acid groups (broad SMARTS) is 1. The Bertz CT molecular complexity index is 607. The highest BCUT2D eigenvalue weighted by Gasteiger charge is 2.19. The number of rotatable bonds is 7. The number of hydrogen-bond donors (Lipinski definition) is 1. The van der Waals surface area contributed by atoms with E-state index < -0.39 is 21.7 Å². The van der Waals surface area contributed by atoms with Gasteiger partial charge in [0, 0.05) is 12.1 Å². The average Bonchev–Trinajstić information content (AvgIpc) is 2.45. The Balaban J connectivity index is 2.99. The predicted octanol–water partition coefficient (Wildman–Crippen LogP) is 1.42. The molecular weight excluding hydrogens is 294 g/mol. The highest BCUT2D eigenvalue weighted by Crippen LogP contribution is 2.14. The number of amides is 1.